The molecule has 1 atom stereocenters. The Hall–Kier alpha value is -5.07. The van der Waals surface area contributed by atoms with Gasteiger partial charge in [-0.1, -0.05) is 44.0 Å². The van der Waals surface area contributed by atoms with Crippen molar-refractivity contribution in [2.75, 3.05) is 31.5 Å². The summed E-state index contributed by atoms with van der Waals surface area (Å²) in [6, 6.07) is 20.9. The second kappa shape index (κ2) is 19.1. The number of fused-ring (bicyclic) bond motifs is 1. The van der Waals surface area contributed by atoms with Gasteiger partial charge >= 0.3 is 5.97 Å². The van der Waals surface area contributed by atoms with E-state index in [-0.39, 0.29) is 18.2 Å². The van der Waals surface area contributed by atoms with E-state index < -0.39 is 23.0 Å². The summed E-state index contributed by atoms with van der Waals surface area (Å²) in [4.78, 5) is 55.8. The maximum atomic E-state index is 13.8. The number of thioether (sulfide) groups is 1. The van der Waals surface area contributed by atoms with E-state index in [4.69, 9.17) is 14.2 Å². The number of methoxy groups -OCH3 is 2. The number of benzene rings is 3. The molecule has 53 heavy (non-hydrogen) atoms. The average molecular weight is 756 g/mol. The van der Waals surface area contributed by atoms with E-state index in [0.29, 0.717) is 45.3 Å². The van der Waals surface area contributed by atoms with Gasteiger partial charge in [0.1, 0.15) is 22.2 Å². The highest BCUT2D eigenvalue weighted by atomic mass is 32.2. The number of carbonyl (C=O) groups is 4. The normalized spacial score (nSPS) is 13.4. The second-order valence-electron chi connectivity index (χ2n) is 12.3. The Morgan fingerprint density at radius 3 is 2.36 bits per heavy atom. The standard InChI is InChI=1S/C41H45N3O7S2/c1-5-34(39(47)44-40-36(41(48)51-6-2)31-19-12-7-8-13-20-35(31)53-40)52-30-18-14-17-28(25-30)42-38(46)32(43-37(45)26-15-10-9-11-16-26)24-27-23-29(49-3)21-22-33(27)50-4/h9-11,14-18,21-25,34H,5-8,12-13,19-20H2,1-4H3,(H,42,46)(H,43,45)(H,44,47)/b32-24+. The Morgan fingerprint density at radius 1 is 0.868 bits per heavy atom. The first-order chi connectivity index (χ1) is 25.7. The number of hydrogen-bond donors (Lipinski definition) is 3. The van der Waals surface area contributed by atoms with Gasteiger partial charge in [-0.25, -0.2) is 4.79 Å². The molecule has 0 saturated heterocycles. The first-order valence-corrected chi connectivity index (χ1v) is 19.4. The Kier molecular flexibility index (Phi) is 14.1. The molecule has 5 rings (SSSR count). The van der Waals surface area contributed by atoms with Gasteiger partial charge in [-0.05, 0) is 99.2 Å². The van der Waals surface area contributed by atoms with E-state index in [1.54, 1.807) is 73.7 Å². The van der Waals surface area contributed by atoms with Crippen LogP contribution in [0.25, 0.3) is 6.08 Å². The molecular weight excluding hydrogens is 711 g/mol. The molecule has 0 saturated carbocycles. The zero-order valence-corrected chi connectivity index (χ0v) is 32.0. The maximum absolute atomic E-state index is 13.8. The van der Waals surface area contributed by atoms with Gasteiger partial charge in [0.15, 0.2) is 0 Å². The van der Waals surface area contributed by atoms with Crippen LogP contribution < -0.4 is 25.4 Å². The van der Waals surface area contributed by atoms with Crippen molar-refractivity contribution < 1.29 is 33.4 Å². The van der Waals surface area contributed by atoms with Crippen LogP contribution in [0.2, 0.25) is 0 Å². The first-order valence-electron chi connectivity index (χ1n) is 17.7. The van der Waals surface area contributed by atoms with Gasteiger partial charge < -0.3 is 30.2 Å². The summed E-state index contributed by atoms with van der Waals surface area (Å²) in [5.74, 6) is -0.608. The van der Waals surface area contributed by atoms with Crippen LogP contribution in [-0.4, -0.2) is 49.8 Å². The van der Waals surface area contributed by atoms with Crippen LogP contribution in [0.4, 0.5) is 10.7 Å². The van der Waals surface area contributed by atoms with Crippen molar-refractivity contribution in [3.05, 3.63) is 106 Å². The minimum absolute atomic E-state index is 0.0169. The van der Waals surface area contributed by atoms with Crippen LogP contribution in [-0.2, 0) is 27.2 Å². The molecular formula is C41H45N3O7S2. The number of rotatable bonds is 14. The first kappa shape index (κ1) is 39.1. The van der Waals surface area contributed by atoms with Crippen LogP contribution in [0, 0.1) is 0 Å². The Balaban J connectivity index is 1.36. The monoisotopic (exact) mass is 755 g/mol. The van der Waals surface area contributed by atoms with E-state index in [1.165, 1.54) is 43.4 Å². The average Bonchev–Trinajstić information content (AvgIpc) is 3.48. The fraction of sp³-hybridized carbons (Fsp3) is 0.317. The molecule has 278 valence electrons. The Morgan fingerprint density at radius 2 is 1.64 bits per heavy atom. The van der Waals surface area contributed by atoms with Gasteiger partial charge in [0.05, 0.1) is 31.6 Å². The van der Waals surface area contributed by atoms with Gasteiger partial charge in [0, 0.05) is 26.6 Å². The van der Waals surface area contributed by atoms with E-state index in [2.05, 4.69) is 16.0 Å². The third-order valence-corrected chi connectivity index (χ3v) is 11.3. The predicted molar refractivity (Wildman–Crippen MR) is 211 cm³/mol. The fourth-order valence-electron chi connectivity index (χ4n) is 6.00. The van der Waals surface area contributed by atoms with Gasteiger partial charge in [0.25, 0.3) is 11.8 Å². The van der Waals surface area contributed by atoms with Crippen LogP contribution in [0.1, 0.15) is 82.7 Å². The van der Waals surface area contributed by atoms with Gasteiger partial charge in [0.2, 0.25) is 5.91 Å². The molecule has 1 aliphatic rings. The SMILES string of the molecule is CCOC(=O)c1c(NC(=O)C(CC)Sc2cccc(NC(=O)/C(=C\c3cc(OC)ccc3OC)NC(=O)c3ccccc3)c2)sc2c1CCCCCC2. The summed E-state index contributed by atoms with van der Waals surface area (Å²) in [7, 11) is 3.05. The topological polar surface area (TPSA) is 132 Å². The van der Waals surface area contributed by atoms with Crippen molar-refractivity contribution in [3.63, 3.8) is 0 Å². The van der Waals surface area contributed by atoms with Crippen molar-refractivity contribution in [1.29, 1.82) is 0 Å². The molecule has 10 nitrogen and oxygen atoms in total. The molecule has 0 radical (unpaired) electrons. The maximum Gasteiger partial charge on any atom is 0.341 e. The largest absolute Gasteiger partial charge is 0.497 e. The van der Waals surface area contributed by atoms with Crippen molar-refractivity contribution >= 4 is 63.6 Å². The van der Waals surface area contributed by atoms with Crippen molar-refractivity contribution in [2.24, 2.45) is 0 Å². The molecule has 1 unspecified atom stereocenters. The van der Waals surface area contributed by atoms with Crippen LogP contribution in [0.5, 0.6) is 11.5 Å². The summed E-state index contributed by atoms with van der Waals surface area (Å²) in [6.07, 6.45) is 8.04. The highest BCUT2D eigenvalue weighted by Crippen LogP contribution is 2.39. The molecule has 1 heterocycles. The van der Waals surface area contributed by atoms with Crippen LogP contribution in [0.3, 0.4) is 0 Å². The molecule has 12 heteroatoms. The number of anilines is 2. The molecule has 3 N–H and O–H groups in total. The number of carbonyl (C=O) groups excluding carboxylic acids is 4. The summed E-state index contributed by atoms with van der Waals surface area (Å²) >= 11 is 2.84. The van der Waals surface area contributed by atoms with E-state index in [1.807, 2.05) is 13.0 Å². The fourth-order valence-corrected chi connectivity index (χ4v) is 8.29. The van der Waals surface area contributed by atoms with E-state index in [0.717, 1.165) is 53.9 Å². The third kappa shape index (κ3) is 10.3. The number of thiophene rings is 1. The lowest BCUT2D eigenvalue weighted by Crippen LogP contribution is -2.30. The smallest absolute Gasteiger partial charge is 0.341 e. The Bertz CT molecular complexity index is 1960. The summed E-state index contributed by atoms with van der Waals surface area (Å²) in [6.45, 7) is 3.97. The number of esters is 1. The van der Waals surface area contributed by atoms with Gasteiger partial charge in [-0.15, -0.1) is 23.1 Å². The molecule has 1 aliphatic carbocycles. The summed E-state index contributed by atoms with van der Waals surface area (Å²) in [5, 5.41) is 8.79. The highest BCUT2D eigenvalue weighted by molar-refractivity contribution is 8.00. The molecule has 3 aromatic carbocycles. The number of hydrogen-bond acceptors (Lipinski definition) is 9. The lowest BCUT2D eigenvalue weighted by molar-refractivity contribution is -0.116. The molecule has 0 fully saturated rings. The summed E-state index contributed by atoms with van der Waals surface area (Å²) in [5.41, 5.74) is 2.85. The summed E-state index contributed by atoms with van der Waals surface area (Å²) < 4.78 is 16.3. The minimum Gasteiger partial charge on any atom is -0.497 e. The zero-order chi connectivity index (χ0) is 37.7. The van der Waals surface area contributed by atoms with Gasteiger partial charge in [-0.2, -0.15) is 0 Å². The zero-order valence-electron chi connectivity index (χ0n) is 30.4. The predicted octanol–water partition coefficient (Wildman–Crippen LogP) is 8.52. The van der Waals surface area contributed by atoms with E-state index >= 15 is 0 Å². The van der Waals surface area contributed by atoms with Crippen LogP contribution in [0.15, 0.2) is 83.4 Å². The lowest BCUT2D eigenvalue weighted by atomic mass is 9.96. The van der Waals surface area contributed by atoms with Crippen molar-refractivity contribution in [1.82, 2.24) is 5.32 Å². The second-order valence-corrected chi connectivity index (χ2v) is 14.7. The minimum atomic E-state index is -0.564. The highest BCUT2D eigenvalue weighted by Gasteiger charge is 2.28. The van der Waals surface area contributed by atoms with Crippen molar-refractivity contribution in [3.8, 4) is 11.5 Å². The van der Waals surface area contributed by atoms with Gasteiger partial charge in [-0.3, -0.25) is 14.4 Å². The Labute approximate surface area is 318 Å². The number of ether oxygens (including phenoxy) is 3. The van der Waals surface area contributed by atoms with Crippen LogP contribution >= 0.6 is 23.1 Å². The number of amides is 3. The molecule has 1 aromatic heterocycles. The number of aryl methyl sites for hydroxylation is 1. The molecule has 0 spiro atoms. The quantitative estimate of drug-likeness (QED) is 0.0663. The molecule has 3 amide bonds. The lowest BCUT2D eigenvalue weighted by Gasteiger charge is -2.16. The molecule has 4 aromatic rings. The molecule has 0 aliphatic heterocycles. The number of nitrogens with one attached hydrogen (secondary N) is 3. The van der Waals surface area contributed by atoms with E-state index in [9.17, 15) is 19.2 Å². The van der Waals surface area contributed by atoms with Crippen molar-refractivity contribution in [2.45, 2.75) is 68.9 Å². The molecule has 0 bridgehead atoms. The third-order valence-electron chi connectivity index (χ3n) is 8.69.